The van der Waals surface area contributed by atoms with Crippen LogP contribution in [0.4, 0.5) is 17.5 Å². The molecule has 0 saturated carbocycles. The molecule has 11 heteroatoms. The highest BCUT2D eigenvalue weighted by atomic mass is 32.2. The summed E-state index contributed by atoms with van der Waals surface area (Å²) in [5, 5.41) is 4.06. The van der Waals surface area contributed by atoms with Crippen LogP contribution in [-0.4, -0.2) is 80.0 Å². The molecule has 1 aromatic carbocycles. The number of piperazine rings is 1. The topological polar surface area (TPSA) is 103 Å². The molecule has 176 valence electrons. The summed E-state index contributed by atoms with van der Waals surface area (Å²) in [7, 11) is -1.42. The van der Waals surface area contributed by atoms with Crippen molar-refractivity contribution in [3.63, 3.8) is 0 Å². The van der Waals surface area contributed by atoms with Crippen molar-refractivity contribution in [1.29, 1.82) is 0 Å². The zero-order valence-electron chi connectivity index (χ0n) is 19.1. The van der Waals surface area contributed by atoms with Gasteiger partial charge < -0.3 is 15.1 Å². The van der Waals surface area contributed by atoms with Crippen molar-refractivity contribution in [2.75, 3.05) is 66.7 Å². The molecule has 0 aliphatic carbocycles. The van der Waals surface area contributed by atoms with Crippen LogP contribution in [0.15, 0.2) is 41.4 Å². The first-order valence-electron chi connectivity index (χ1n) is 10.8. The van der Waals surface area contributed by atoms with Gasteiger partial charge in [0.25, 0.3) is 0 Å². The average molecular weight is 488 g/mol. The molecule has 33 heavy (non-hydrogen) atoms. The highest BCUT2D eigenvalue weighted by molar-refractivity contribution is 7.98. The van der Waals surface area contributed by atoms with Crippen molar-refractivity contribution >= 4 is 50.1 Å². The second-order valence-corrected chi connectivity index (χ2v) is 10.8. The van der Waals surface area contributed by atoms with Gasteiger partial charge >= 0.3 is 0 Å². The van der Waals surface area contributed by atoms with E-state index in [2.05, 4.69) is 31.9 Å². The number of hydrogen-bond acceptors (Lipinski definition) is 9. The van der Waals surface area contributed by atoms with Gasteiger partial charge in [-0.3, -0.25) is 9.71 Å². The number of aromatic nitrogens is 3. The maximum absolute atomic E-state index is 12.6. The van der Waals surface area contributed by atoms with E-state index in [1.54, 1.807) is 24.0 Å². The minimum Gasteiger partial charge on any atom is -0.368 e. The smallest absolute Gasteiger partial charge is 0.234 e. The van der Waals surface area contributed by atoms with Crippen LogP contribution in [-0.2, 0) is 10.0 Å². The van der Waals surface area contributed by atoms with Crippen molar-refractivity contribution in [3.8, 4) is 0 Å². The minimum absolute atomic E-state index is 0.0874. The first kappa shape index (κ1) is 23.5. The van der Waals surface area contributed by atoms with E-state index in [-0.39, 0.29) is 12.3 Å². The van der Waals surface area contributed by atoms with E-state index in [0.29, 0.717) is 17.5 Å². The fourth-order valence-electron chi connectivity index (χ4n) is 3.63. The summed E-state index contributed by atoms with van der Waals surface area (Å²) < 4.78 is 27.9. The number of thioether (sulfide) groups is 1. The Morgan fingerprint density at radius 1 is 1.12 bits per heavy atom. The van der Waals surface area contributed by atoms with E-state index >= 15 is 0 Å². The number of aryl methyl sites for hydroxylation is 1. The summed E-state index contributed by atoms with van der Waals surface area (Å²) in [6.45, 7) is 5.69. The number of sulfonamides is 1. The number of hydrogen-bond donors (Lipinski definition) is 2. The van der Waals surface area contributed by atoms with Crippen LogP contribution in [0.3, 0.4) is 0 Å². The van der Waals surface area contributed by atoms with Crippen molar-refractivity contribution in [1.82, 2.24) is 19.9 Å². The van der Waals surface area contributed by atoms with E-state index in [1.807, 2.05) is 37.4 Å². The molecule has 3 heterocycles. The molecule has 0 atom stereocenters. The van der Waals surface area contributed by atoms with E-state index in [0.717, 1.165) is 47.7 Å². The van der Waals surface area contributed by atoms with Gasteiger partial charge in [0.1, 0.15) is 5.82 Å². The lowest BCUT2D eigenvalue weighted by atomic mass is 10.2. The maximum atomic E-state index is 12.6. The van der Waals surface area contributed by atoms with Gasteiger partial charge in [0.15, 0.2) is 0 Å². The van der Waals surface area contributed by atoms with Crippen LogP contribution in [0, 0.1) is 6.92 Å². The van der Waals surface area contributed by atoms with Crippen LogP contribution in [0.25, 0.3) is 10.9 Å². The lowest BCUT2D eigenvalue weighted by molar-refractivity contribution is 0.311. The summed E-state index contributed by atoms with van der Waals surface area (Å²) in [6.07, 6.45) is 3.70. The molecular weight excluding hydrogens is 458 g/mol. The largest absolute Gasteiger partial charge is 0.368 e. The van der Waals surface area contributed by atoms with Crippen LogP contribution < -0.4 is 14.9 Å². The highest BCUT2D eigenvalue weighted by Gasteiger charge is 2.19. The number of likely N-dealkylation sites (N-methyl/N-ethyl adjacent to an activating group) is 1. The molecule has 2 N–H and O–H groups in total. The second-order valence-electron chi connectivity index (χ2n) is 8.09. The SMILES string of the molecule is CSc1cccc(NS(=O)(=O)CCNc2nc(N3CCN(C)CC3)nc3cnc(C)cc23)c1. The molecule has 1 aliphatic heterocycles. The Morgan fingerprint density at radius 2 is 1.91 bits per heavy atom. The summed E-state index contributed by atoms with van der Waals surface area (Å²) in [6, 6.07) is 9.28. The molecule has 1 aliphatic rings. The molecule has 0 spiro atoms. The number of nitrogens with zero attached hydrogens (tertiary/aromatic N) is 5. The lowest BCUT2D eigenvalue weighted by Gasteiger charge is -2.32. The van der Waals surface area contributed by atoms with E-state index in [9.17, 15) is 8.42 Å². The summed E-state index contributed by atoms with van der Waals surface area (Å²) in [5.74, 6) is 1.17. The molecule has 4 rings (SSSR count). The Kier molecular flexibility index (Phi) is 7.20. The molecular formula is C22H29N7O2S2. The molecule has 0 bridgehead atoms. The van der Waals surface area contributed by atoms with Crippen molar-refractivity contribution in [2.45, 2.75) is 11.8 Å². The first-order chi connectivity index (χ1) is 15.8. The third-order valence-corrected chi connectivity index (χ3v) is 7.51. The monoisotopic (exact) mass is 487 g/mol. The van der Waals surface area contributed by atoms with Crippen molar-refractivity contribution in [3.05, 3.63) is 42.2 Å². The van der Waals surface area contributed by atoms with Gasteiger partial charge in [0.05, 0.1) is 17.5 Å². The van der Waals surface area contributed by atoms with E-state index in [1.165, 1.54) is 0 Å². The molecule has 1 saturated heterocycles. The zero-order chi connectivity index (χ0) is 23.4. The van der Waals surface area contributed by atoms with Crippen LogP contribution in [0.5, 0.6) is 0 Å². The lowest BCUT2D eigenvalue weighted by Crippen LogP contribution is -2.45. The van der Waals surface area contributed by atoms with Gasteiger partial charge in [-0.25, -0.2) is 13.4 Å². The van der Waals surface area contributed by atoms with Gasteiger partial charge in [0.2, 0.25) is 16.0 Å². The summed E-state index contributed by atoms with van der Waals surface area (Å²) in [5.41, 5.74) is 2.15. The minimum atomic E-state index is -3.52. The fraction of sp³-hybridized carbons (Fsp3) is 0.409. The fourth-order valence-corrected chi connectivity index (χ4v) is 5.05. The molecule has 0 radical (unpaired) electrons. The Labute approximate surface area is 199 Å². The van der Waals surface area contributed by atoms with Crippen molar-refractivity contribution in [2.24, 2.45) is 0 Å². The molecule has 2 aromatic heterocycles. The van der Waals surface area contributed by atoms with Gasteiger partial charge in [-0.2, -0.15) is 4.98 Å². The van der Waals surface area contributed by atoms with Crippen LogP contribution in [0.1, 0.15) is 5.69 Å². The molecule has 0 unspecified atom stereocenters. The highest BCUT2D eigenvalue weighted by Crippen LogP contribution is 2.25. The maximum Gasteiger partial charge on any atom is 0.234 e. The molecule has 9 nitrogen and oxygen atoms in total. The first-order valence-corrected chi connectivity index (χ1v) is 13.7. The van der Waals surface area contributed by atoms with Crippen molar-refractivity contribution < 1.29 is 8.42 Å². The number of nitrogens with one attached hydrogen (secondary N) is 2. The van der Waals surface area contributed by atoms with E-state index in [4.69, 9.17) is 9.97 Å². The number of anilines is 3. The van der Waals surface area contributed by atoms with Gasteiger partial charge in [-0.15, -0.1) is 11.8 Å². The number of pyridine rings is 1. The second kappa shape index (κ2) is 10.1. The third kappa shape index (κ3) is 6.04. The third-order valence-electron chi connectivity index (χ3n) is 5.50. The number of fused-ring (bicyclic) bond motifs is 1. The Balaban J connectivity index is 1.50. The molecule has 3 aromatic rings. The van der Waals surface area contributed by atoms with Gasteiger partial charge in [-0.05, 0) is 44.5 Å². The normalized spacial score (nSPS) is 15.1. The number of rotatable bonds is 8. The van der Waals surface area contributed by atoms with Crippen LogP contribution >= 0.6 is 11.8 Å². The quantitative estimate of drug-likeness (QED) is 0.464. The van der Waals surface area contributed by atoms with Gasteiger partial charge in [0, 0.05) is 54.4 Å². The average Bonchev–Trinajstić information content (AvgIpc) is 2.79. The van der Waals surface area contributed by atoms with Gasteiger partial charge in [-0.1, -0.05) is 6.07 Å². The Morgan fingerprint density at radius 3 is 2.67 bits per heavy atom. The molecule has 0 amide bonds. The summed E-state index contributed by atoms with van der Waals surface area (Å²) in [4.78, 5) is 19.3. The van der Waals surface area contributed by atoms with E-state index < -0.39 is 10.0 Å². The predicted octanol–water partition coefficient (Wildman–Crippen LogP) is 2.66. The van der Waals surface area contributed by atoms with Crippen LogP contribution in [0.2, 0.25) is 0 Å². The Hall–Kier alpha value is -2.63. The zero-order valence-corrected chi connectivity index (χ0v) is 20.7. The summed E-state index contributed by atoms with van der Waals surface area (Å²) >= 11 is 1.57. The molecule has 1 fully saturated rings. The standard InChI is InChI=1S/C22H29N7O2S2/c1-16-13-19-20(15-24-16)25-22(29-10-8-28(2)9-11-29)26-21(19)23-7-12-33(30,31)27-17-5-4-6-18(14-17)32-3/h4-6,13-15,27H,7-12H2,1-3H3,(H,23,25,26). The number of benzene rings is 1. The predicted molar refractivity (Wildman–Crippen MR) is 136 cm³/mol. The Bertz CT molecular complexity index is 1230.